The van der Waals surface area contributed by atoms with Crippen molar-refractivity contribution in [1.82, 2.24) is 4.98 Å². The first kappa shape index (κ1) is 10.1. The molecule has 1 aromatic heterocycles. The van der Waals surface area contributed by atoms with Crippen LogP contribution in [0.4, 0.5) is 0 Å². The van der Waals surface area contributed by atoms with Crippen molar-refractivity contribution in [2.75, 3.05) is 7.11 Å². The maximum absolute atomic E-state index is 5.51. The molecule has 0 bridgehead atoms. The molecule has 1 N–H and O–H groups in total. The quantitative estimate of drug-likeness (QED) is 0.754. The van der Waals surface area contributed by atoms with Gasteiger partial charge in [0.2, 0.25) is 0 Å². The summed E-state index contributed by atoms with van der Waals surface area (Å²) >= 11 is 0. The lowest BCUT2D eigenvalue weighted by Gasteiger charge is -2.22. The van der Waals surface area contributed by atoms with Crippen LogP contribution in [0, 0.1) is 0 Å². The lowest BCUT2D eigenvalue weighted by Crippen LogP contribution is -2.12. The number of nitrogens with one attached hydrogen (secondary N) is 1. The van der Waals surface area contributed by atoms with Crippen LogP contribution in [0.5, 0.6) is 5.75 Å². The molecular weight excluding hydrogens is 186 g/mol. The molecular formula is C13H17NO. The average Bonchev–Trinajstić information content (AvgIpc) is 2.61. The van der Waals surface area contributed by atoms with E-state index >= 15 is 0 Å². The molecule has 0 atom stereocenters. The van der Waals surface area contributed by atoms with Crippen LogP contribution in [0.2, 0.25) is 0 Å². The molecule has 2 heteroatoms. The fourth-order valence-corrected chi connectivity index (χ4v) is 1.90. The summed E-state index contributed by atoms with van der Waals surface area (Å²) in [7, 11) is 1.73. The number of hydrogen-bond acceptors (Lipinski definition) is 1. The molecule has 0 unspecified atom stereocenters. The molecule has 0 spiro atoms. The molecule has 80 valence electrons. The summed E-state index contributed by atoms with van der Waals surface area (Å²) in [6, 6.07) is 6.34. The van der Waals surface area contributed by atoms with E-state index in [1.807, 2.05) is 6.20 Å². The van der Waals surface area contributed by atoms with Gasteiger partial charge in [-0.25, -0.2) is 0 Å². The minimum absolute atomic E-state index is 0.102. The summed E-state index contributed by atoms with van der Waals surface area (Å²) in [6.07, 6.45) is 1.94. The molecule has 0 saturated carbocycles. The number of ether oxygens (including phenoxy) is 1. The summed E-state index contributed by atoms with van der Waals surface area (Å²) in [4.78, 5) is 3.23. The standard InChI is InChI=1S/C13H17NO/c1-13(2,3)10-6-5-9-7-8-14-11(9)12(10)15-4/h5-8,14H,1-4H3. The van der Waals surface area contributed by atoms with E-state index in [0.717, 1.165) is 11.3 Å². The van der Waals surface area contributed by atoms with Crippen LogP contribution in [-0.4, -0.2) is 12.1 Å². The van der Waals surface area contributed by atoms with Crippen molar-refractivity contribution in [3.63, 3.8) is 0 Å². The Bertz CT molecular complexity index is 477. The Hall–Kier alpha value is -1.44. The van der Waals surface area contributed by atoms with E-state index in [1.54, 1.807) is 7.11 Å². The topological polar surface area (TPSA) is 25.0 Å². The zero-order valence-corrected chi connectivity index (χ0v) is 9.72. The van der Waals surface area contributed by atoms with E-state index < -0.39 is 0 Å². The third-order valence-corrected chi connectivity index (χ3v) is 2.69. The van der Waals surface area contributed by atoms with Gasteiger partial charge in [-0.15, -0.1) is 0 Å². The predicted octanol–water partition coefficient (Wildman–Crippen LogP) is 3.47. The van der Waals surface area contributed by atoms with Crippen LogP contribution in [0.15, 0.2) is 24.4 Å². The Morgan fingerprint density at radius 2 is 1.87 bits per heavy atom. The highest BCUT2D eigenvalue weighted by Crippen LogP contribution is 2.36. The third-order valence-electron chi connectivity index (χ3n) is 2.69. The summed E-state index contributed by atoms with van der Waals surface area (Å²) in [5.41, 5.74) is 2.43. The fraction of sp³-hybridized carbons (Fsp3) is 0.385. The molecule has 0 aliphatic carbocycles. The van der Waals surface area contributed by atoms with E-state index in [-0.39, 0.29) is 5.41 Å². The molecule has 2 rings (SSSR count). The first-order chi connectivity index (χ1) is 7.04. The van der Waals surface area contributed by atoms with Gasteiger partial charge in [-0.1, -0.05) is 32.9 Å². The van der Waals surface area contributed by atoms with Gasteiger partial charge in [0.05, 0.1) is 12.6 Å². The minimum atomic E-state index is 0.102. The van der Waals surface area contributed by atoms with Gasteiger partial charge in [-0.3, -0.25) is 0 Å². The summed E-state index contributed by atoms with van der Waals surface area (Å²) in [6.45, 7) is 6.58. The number of aromatic amines is 1. The van der Waals surface area contributed by atoms with Gasteiger partial charge in [-0.2, -0.15) is 0 Å². The summed E-state index contributed by atoms with van der Waals surface area (Å²) in [5.74, 6) is 0.963. The maximum atomic E-state index is 5.51. The molecule has 0 aliphatic heterocycles. The van der Waals surface area contributed by atoms with Crippen LogP contribution < -0.4 is 4.74 Å². The van der Waals surface area contributed by atoms with E-state index in [1.165, 1.54) is 10.9 Å². The smallest absolute Gasteiger partial charge is 0.146 e. The number of hydrogen-bond donors (Lipinski definition) is 1. The first-order valence-electron chi connectivity index (χ1n) is 5.18. The highest BCUT2D eigenvalue weighted by Gasteiger charge is 2.20. The van der Waals surface area contributed by atoms with Gasteiger partial charge in [-0.05, 0) is 11.5 Å². The highest BCUT2D eigenvalue weighted by molar-refractivity contribution is 5.87. The largest absolute Gasteiger partial charge is 0.494 e. The molecule has 0 amide bonds. The molecule has 0 radical (unpaired) electrons. The molecule has 2 aromatic rings. The predicted molar refractivity (Wildman–Crippen MR) is 63.6 cm³/mol. The van der Waals surface area contributed by atoms with E-state index in [4.69, 9.17) is 4.74 Å². The average molecular weight is 203 g/mol. The molecule has 1 heterocycles. The number of rotatable bonds is 1. The monoisotopic (exact) mass is 203 g/mol. The number of aromatic nitrogens is 1. The Balaban J connectivity index is 2.75. The van der Waals surface area contributed by atoms with Crippen LogP contribution in [0.3, 0.4) is 0 Å². The Kier molecular flexibility index (Phi) is 2.22. The van der Waals surface area contributed by atoms with Gasteiger partial charge in [0.15, 0.2) is 0 Å². The lowest BCUT2D eigenvalue weighted by atomic mass is 9.86. The minimum Gasteiger partial charge on any atom is -0.494 e. The lowest BCUT2D eigenvalue weighted by molar-refractivity contribution is 0.402. The summed E-state index contributed by atoms with van der Waals surface area (Å²) in [5, 5.41) is 1.19. The van der Waals surface area contributed by atoms with Gasteiger partial charge < -0.3 is 9.72 Å². The molecule has 15 heavy (non-hydrogen) atoms. The molecule has 2 nitrogen and oxygen atoms in total. The van der Waals surface area contributed by atoms with Crippen LogP contribution in [-0.2, 0) is 5.41 Å². The van der Waals surface area contributed by atoms with Crippen molar-refractivity contribution in [2.45, 2.75) is 26.2 Å². The Morgan fingerprint density at radius 1 is 1.13 bits per heavy atom. The van der Waals surface area contributed by atoms with E-state index in [0.29, 0.717) is 0 Å². The normalized spacial score (nSPS) is 12.0. The second-order valence-electron chi connectivity index (χ2n) is 4.84. The third kappa shape index (κ3) is 1.60. The Morgan fingerprint density at radius 3 is 2.47 bits per heavy atom. The van der Waals surface area contributed by atoms with Crippen LogP contribution >= 0.6 is 0 Å². The van der Waals surface area contributed by atoms with Crippen LogP contribution in [0.1, 0.15) is 26.3 Å². The number of H-pyrrole nitrogens is 1. The van der Waals surface area contributed by atoms with Crippen molar-refractivity contribution >= 4 is 10.9 Å². The van der Waals surface area contributed by atoms with Gasteiger partial charge >= 0.3 is 0 Å². The molecule has 0 aliphatic rings. The summed E-state index contributed by atoms with van der Waals surface area (Å²) < 4.78 is 5.51. The van der Waals surface area contributed by atoms with Gasteiger partial charge in [0, 0.05) is 17.1 Å². The van der Waals surface area contributed by atoms with Crippen molar-refractivity contribution in [3.8, 4) is 5.75 Å². The Labute approximate surface area is 90.3 Å². The van der Waals surface area contributed by atoms with Gasteiger partial charge in [0.25, 0.3) is 0 Å². The van der Waals surface area contributed by atoms with E-state index in [2.05, 4.69) is 44.0 Å². The maximum Gasteiger partial charge on any atom is 0.146 e. The van der Waals surface area contributed by atoms with Crippen molar-refractivity contribution in [2.24, 2.45) is 0 Å². The number of methoxy groups -OCH3 is 1. The molecule has 1 aromatic carbocycles. The highest BCUT2D eigenvalue weighted by atomic mass is 16.5. The van der Waals surface area contributed by atoms with Crippen molar-refractivity contribution < 1.29 is 4.74 Å². The SMILES string of the molecule is COc1c(C(C)(C)C)ccc2cc[nH]c12. The zero-order chi connectivity index (χ0) is 11.1. The van der Waals surface area contributed by atoms with Crippen LogP contribution in [0.25, 0.3) is 10.9 Å². The van der Waals surface area contributed by atoms with Crippen molar-refractivity contribution in [1.29, 1.82) is 0 Å². The molecule has 0 saturated heterocycles. The first-order valence-corrected chi connectivity index (χ1v) is 5.18. The fourth-order valence-electron chi connectivity index (χ4n) is 1.90. The van der Waals surface area contributed by atoms with Gasteiger partial charge in [0.1, 0.15) is 5.75 Å². The zero-order valence-electron chi connectivity index (χ0n) is 9.72. The second-order valence-corrected chi connectivity index (χ2v) is 4.84. The second kappa shape index (κ2) is 3.30. The van der Waals surface area contributed by atoms with Crippen molar-refractivity contribution in [3.05, 3.63) is 30.0 Å². The van der Waals surface area contributed by atoms with E-state index in [9.17, 15) is 0 Å². The number of benzene rings is 1. The molecule has 0 fully saturated rings. The number of fused-ring (bicyclic) bond motifs is 1.